The van der Waals surface area contributed by atoms with E-state index in [1.54, 1.807) is 38.1 Å². The SMILES string of the molecule is [2H]C([2H])([2H])C(C)(C)c1ccc2c(c1)B1c3cc(C(C)(C([2H])([2H])[2H])C([2H])([2H])[2H])ccc3Oc3cc(C)cc(c31)O2. The van der Waals surface area contributed by atoms with Crippen LogP contribution in [0.4, 0.5) is 0 Å². The van der Waals surface area contributed by atoms with Crippen LogP contribution in [0, 0.1) is 6.92 Å². The second-order valence-corrected chi connectivity index (χ2v) is 9.07. The van der Waals surface area contributed by atoms with E-state index in [2.05, 4.69) is 0 Å². The molecular formula is C27H29BO2. The molecule has 5 rings (SSSR count). The molecule has 0 unspecified atom stereocenters. The monoisotopic (exact) mass is 405 g/mol. The second kappa shape index (κ2) is 6.17. The van der Waals surface area contributed by atoms with Crippen molar-refractivity contribution in [3.05, 3.63) is 65.2 Å². The Hall–Kier alpha value is -2.68. The Morgan fingerprint density at radius 2 is 1.20 bits per heavy atom. The summed E-state index contributed by atoms with van der Waals surface area (Å²) in [6, 6.07) is 13.9. The smallest absolute Gasteiger partial charge is 0.260 e. The maximum Gasteiger partial charge on any atom is 0.260 e. The van der Waals surface area contributed by atoms with E-state index in [-0.39, 0.29) is 5.56 Å². The summed E-state index contributed by atoms with van der Waals surface area (Å²) in [7, 11) is 0. The summed E-state index contributed by atoms with van der Waals surface area (Å²) in [5.74, 6) is 2.17. The van der Waals surface area contributed by atoms with Crippen LogP contribution in [0.5, 0.6) is 23.0 Å². The molecule has 0 N–H and O–H groups in total. The topological polar surface area (TPSA) is 18.5 Å². The lowest BCUT2D eigenvalue weighted by Crippen LogP contribution is -2.57. The largest absolute Gasteiger partial charge is 0.458 e. The maximum atomic E-state index is 8.14. The average molecular weight is 405 g/mol. The first-order valence-corrected chi connectivity index (χ1v) is 10.1. The molecule has 0 radical (unpaired) electrons. The third-order valence-corrected chi connectivity index (χ3v) is 5.92. The second-order valence-electron chi connectivity index (χ2n) is 9.07. The van der Waals surface area contributed by atoms with E-state index in [4.69, 9.17) is 21.8 Å². The molecule has 0 atom stereocenters. The van der Waals surface area contributed by atoms with Gasteiger partial charge in [-0.1, -0.05) is 65.6 Å². The number of hydrogen-bond donors (Lipinski definition) is 0. The molecule has 2 aliphatic rings. The molecule has 152 valence electrons. The van der Waals surface area contributed by atoms with Gasteiger partial charge in [0.05, 0.1) is 0 Å². The molecule has 2 aliphatic heterocycles. The summed E-state index contributed by atoms with van der Waals surface area (Å²) < 4.78 is 85.7. The summed E-state index contributed by atoms with van der Waals surface area (Å²) >= 11 is 0. The van der Waals surface area contributed by atoms with Gasteiger partial charge in [0, 0.05) is 17.8 Å². The summed E-state index contributed by atoms with van der Waals surface area (Å²) in [5.41, 5.74) is 0.399. The lowest BCUT2D eigenvalue weighted by atomic mass is 9.34. The van der Waals surface area contributed by atoms with E-state index >= 15 is 0 Å². The van der Waals surface area contributed by atoms with Gasteiger partial charge in [0.2, 0.25) is 0 Å². The number of benzene rings is 3. The van der Waals surface area contributed by atoms with Gasteiger partial charge in [-0.2, -0.15) is 0 Å². The Morgan fingerprint density at radius 1 is 0.700 bits per heavy atom. The van der Waals surface area contributed by atoms with Crippen molar-refractivity contribution >= 4 is 23.1 Å². The van der Waals surface area contributed by atoms with Crippen molar-refractivity contribution in [1.29, 1.82) is 0 Å². The van der Waals surface area contributed by atoms with Crippen LogP contribution >= 0.6 is 0 Å². The zero-order valence-electron chi connectivity index (χ0n) is 26.5. The fraction of sp³-hybridized carbons (Fsp3) is 0.333. The van der Waals surface area contributed by atoms with Crippen LogP contribution in [0.1, 0.15) is 70.4 Å². The predicted octanol–water partition coefficient (Wildman–Crippen LogP) is 5.32. The van der Waals surface area contributed by atoms with Crippen molar-refractivity contribution in [3.63, 3.8) is 0 Å². The molecule has 0 aliphatic carbocycles. The summed E-state index contributed by atoms with van der Waals surface area (Å²) in [6.07, 6.45) is 0. The van der Waals surface area contributed by atoms with Gasteiger partial charge in [-0.05, 0) is 69.6 Å². The van der Waals surface area contributed by atoms with E-state index in [0.717, 1.165) is 11.0 Å². The fourth-order valence-electron chi connectivity index (χ4n) is 4.33. The highest BCUT2D eigenvalue weighted by Gasteiger charge is 2.41. The Bertz CT molecular complexity index is 1460. The predicted molar refractivity (Wildman–Crippen MR) is 126 cm³/mol. The van der Waals surface area contributed by atoms with E-state index in [0.29, 0.717) is 39.5 Å². The van der Waals surface area contributed by atoms with Crippen LogP contribution in [0.25, 0.3) is 0 Å². The van der Waals surface area contributed by atoms with Crippen LogP contribution < -0.4 is 25.9 Å². The molecule has 3 heteroatoms. The van der Waals surface area contributed by atoms with Gasteiger partial charge >= 0.3 is 0 Å². The third kappa shape index (κ3) is 2.95. The lowest BCUT2D eigenvalue weighted by molar-refractivity contribution is 0.463. The quantitative estimate of drug-likeness (QED) is 0.325. The molecule has 2 nitrogen and oxygen atoms in total. The maximum absolute atomic E-state index is 8.14. The number of rotatable bonds is 0. The zero-order chi connectivity index (χ0) is 28.9. The van der Waals surface area contributed by atoms with E-state index in [1.807, 2.05) is 25.1 Å². The minimum absolute atomic E-state index is 0.147. The van der Waals surface area contributed by atoms with Gasteiger partial charge < -0.3 is 9.47 Å². The van der Waals surface area contributed by atoms with Crippen molar-refractivity contribution in [3.8, 4) is 23.0 Å². The Labute approximate surface area is 193 Å². The van der Waals surface area contributed by atoms with Crippen LogP contribution in [-0.2, 0) is 10.8 Å². The molecule has 0 saturated carbocycles. The minimum Gasteiger partial charge on any atom is -0.458 e. The van der Waals surface area contributed by atoms with Crippen LogP contribution in [0.15, 0.2) is 48.5 Å². The number of ether oxygens (including phenoxy) is 2. The van der Waals surface area contributed by atoms with Gasteiger partial charge in [0.25, 0.3) is 6.71 Å². The van der Waals surface area contributed by atoms with Gasteiger partial charge in [0.1, 0.15) is 23.0 Å². The average Bonchev–Trinajstić information content (AvgIpc) is 2.80. The summed E-state index contributed by atoms with van der Waals surface area (Å²) in [6.45, 7) is -1.88. The van der Waals surface area contributed by atoms with Gasteiger partial charge in [-0.3, -0.25) is 0 Å². The van der Waals surface area contributed by atoms with E-state index < -0.39 is 38.1 Å². The molecule has 30 heavy (non-hydrogen) atoms. The first-order valence-electron chi connectivity index (χ1n) is 14.6. The highest BCUT2D eigenvalue weighted by atomic mass is 16.5. The molecule has 0 aromatic heterocycles. The highest BCUT2D eigenvalue weighted by Crippen LogP contribution is 2.37. The first kappa shape index (κ1) is 11.6. The molecule has 0 amide bonds. The van der Waals surface area contributed by atoms with Crippen LogP contribution in [0.2, 0.25) is 0 Å². The van der Waals surface area contributed by atoms with Gasteiger partial charge in [0.15, 0.2) is 0 Å². The molecule has 3 aromatic rings. The molecule has 0 bridgehead atoms. The molecule has 0 spiro atoms. The molecule has 0 saturated heterocycles. The fourth-order valence-corrected chi connectivity index (χ4v) is 4.33. The van der Waals surface area contributed by atoms with Crippen molar-refractivity contribution in [1.82, 2.24) is 0 Å². The number of hydrogen-bond acceptors (Lipinski definition) is 2. The molecule has 2 heterocycles. The number of aryl methyl sites for hydroxylation is 1. The van der Waals surface area contributed by atoms with Crippen LogP contribution in [-0.4, -0.2) is 6.71 Å². The van der Waals surface area contributed by atoms with Crippen LogP contribution in [0.3, 0.4) is 0 Å². The Kier molecular flexibility index (Phi) is 2.39. The highest BCUT2D eigenvalue weighted by molar-refractivity contribution is 6.98. The first-order chi connectivity index (χ1) is 17.8. The standard InChI is InChI=1S/C27H29BO2/c1-16-12-23-25-24(13-16)30-22-11-9-18(27(5,6)7)15-20(22)28(25)19-14-17(26(2,3)4)8-10-21(19)29-23/h8-15H,1-7H3/i2D3,3D3,5D3. The van der Waals surface area contributed by atoms with E-state index in [1.165, 1.54) is 13.0 Å². The minimum atomic E-state index is -2.81. The normalized spacial score (nSPS) is 20.0. The lowest BCUT2D eigenvalue weighted by Gasteiger charge is -2.35. The van der Waals surface area contributed by atoms with Crippen molar-refractivity contribution in [2.75, 3.05) is 0 Å². The van der Waals surface area contributed by atoms with E-state index in [9.17, 15) is 0 Å². The Morgan fingerprint density at radius 3 is 1.70 bits per heavy atom. The van der Waals surface area contributed by atoms with Crippen molar-refractivity contribution in [2.24, 2.45) is 0 Å². The van der Waals surface area contributed by atoms with Gasteiger partial charge in [-0.15, -0.1) is 0 Å². The number of fused-ring (bicyclic) bond motifs is 4. The zero-order valence-corrected chi connectivity index (χ0v) is 17.5. The van der Waals surface area contributed by atoms with Crippen molar-refractivity contribution in [2.45, 2.75) is 59.1 Å². The van der Waals surface area contributed by atoms with Gasteiger partial charge in [-0.25, -0.2) is 0 Å². The molecule has 3 aromatic carbocycles. The van der Waals surface area contributed by atoms with Crippen molar-refractivity contribution < 1.29 is 21.8 Å². The summed E-state index contributed by atoms with van der Waals surface area (Å²) in [4.78, 5) is 0. The summed E-state index contributed by atoms with van der Waals surface area (Å²) in [5, 5.41) is 0. The molecular weight excluding hydrogens is 367 g/mol. The third-order valence-electron chi connectivity index (χ3n) is 5.92. The Balaban J connectivity index is 1.79. The molecule has 0 fully saturated rings.